The Hall–Kier alpha value is -0.490. The van der Waals surface area contributed by atoms with Gasteiger partial charge in [-0.3, -0.25) is 4.79 Å². The molecule has 0 aromatic rings. The molecule has 106 valence electrons. The van der Waals surface area contributed by atoms with Crippen LogP contribution in [0.25, 0.3) is 0 Å². The van der Waals surface area contributed by atoms with Crippen molar-refractivity contribution in [2.45, 2.75) is 25.4 Å². The van der Waals surface area contributed by atoms with E-state index in [9.17, 15) is 18.0 Å². The lowest BCUT2D eigenvalue weighted by Crippen LogP contribution is -2.39. The highest BCUT2D eigenvalue weighted by Crippen LogP contribution is 2.59. The molecule has 1 saturated heterocycles. The Labute approximate surface area is 110 Å². The molecule has 2 fully saturated rings. The molecule has 1 aliphatic heterocycles. The number of halogens is 4. The van der Waals surface area contributed by atoms with Gasteiger partial charge in [-0.1, -0.05) is 0 Å². The largest absolute Gasteiger partial charge is 0.406 e. The molecule has 1 amide bonds. The molecule has 3 nitrogen and oxygen atoms in total. The van der Waals surface area contributed by atoms with E-state index in [-0.39, 0.29) is 29.6 Å². The van der Waals surface area contributed by atoms with Crippen molar-refractivity contribution >= 4 is 18.3 Å². The lowest BCUT2D eigenvalue weighted by atomic mass is 9.91. The molecular formula is C11H18ClF3N2O. The SMILES string of the molecule is CN(CC(F)(F)F)C(=O)C1CC12CCNCC2.Cl. The Kier molecular flexibility index (Phi) is 4.54. The topological polar surface area (TPSA) is 32.3 Å². The number of nitrogens with one attached hydrogen (secondary N) is 1. The molecule has 1 spiro atoms. The molecule has 1 atom stereocenters. The monoisotopic (exact) mass is 286 g/mol. The number of nitrogens with zero attached hydrogens (tertiary/aromatic N) is 1. The van der Waals surface area contributed by atoms with Gasteiger partial charge in [-0.15, -0.1) is 12.4 Å². The fraction of sp³-hybridized carbons (Fsp3) is 0.909. The maximum Gasteiger partial charge on any atom is 0.406 e. The highest BCUT2D eigenvalue weighted by Gasteiger charge is 2.58. The Morgan fingerprint density at radius 3 is 2.44 bits per heavy atom. The summed E-state index contributed by atoms with van der Waals surface area (Å²) in [6.07, 6.45) is -1.73. The van der Waals surface area contributed by atoms with Gasteiger partial charge in [0.2, 0.25) is 5.91 Å². The molecule has 7 heteroatoms. The highest BCUT2D eigenvalue weighted by atomic mass is 35.5. The molecule has 0 bridgehead atoms. The summed E-state index contributed by atoms with van der Waals surface area (Å²) in [4.78, 5) is 12.7. The molecule has 0 aromatic heterocycles. The molecule has 2 aliphatic rings. The van der Waals surface area contributed by atoms with Crippen molar-refractivity contribution in [2.24, 2.45) is 11.3 Å². The fourth-order valence-electron chi connectivity index (χ4n) is 2.79. The standard InChI is InChI=1S/C11H17F3N2O.ClH/c1-16(7-11(12,13)14)9(17)8-6-10(8)2-4-15-5-3-10;/h8,15H,2-7H2,1H3;1H. The minimum atomic E-state index is -4.30. The number of alkyl halides is 3. The van der Waals surface area contributed by atoms with Gasteiger partial charge >= 0.3 is 6.18 Å². The van der Waals surface area contributed by atoms with Crippen molar-refractivity contribution in [3.05, 3.63) is 0 Å². The molecule has 1 N–H and O–H groups in total. The van der Waals surface area contributed by atoms with Crippen LogP contribution in [0.2, 0.25) is 0 Å². The van der Waals surface area contributed by atoms with Gasteiger partial charge < -0.3 is 10.2 Å². The van der Waals surface area contributed by atoms with Crippen LogP contribution in [0.1, 0.15) is 19.3 Å². The first-order valence-electron chi connectivity index (χ1n) is 5.87. The van der Waals surface area contributed by atoms with Crippen molar-refractivity contribution in [3.63, 3.8) is 0 Å². The summed E-state index contributed by atoms with van der Waals surface area (Å²) in [5.41, 5.74) is 0.00217. The molecule has 0 aromatic carbocycles. The lowest BCUT2D eigenvalue weighted by Gasteiger charge is -2.25. The first kappa shape index (κ1) is 15.6. The summed E-state index contributed by atoms with van der Waals surface area (Å²) in [6.45, 7) is 0.593. The van der Waals surface area contributed by atoms with Crippen LogP contribution in [0.4, 0.5) is 13.2 Å². The number of hydrogen-bond donors (Lipinski definition) is 1. The first-order chi connectivity index (χ1) is 7.84. The van der Waals surface area contributed by atoms with E-state index in [1.165, 1.54) is 7.05 Å². The minimum absolute atomic E-state index is 0. The van der Waals surface area contributed by atoms with Gasteiger partial charge in [0.05, 0.1) is 0 Å². The van der Waals surface area contributed by atoms with E-state index in [0.29, 0.717) is 0 Å². The van der Waals surface area contributed by atoms with Gasteiger partial charge in [-0.05, 0) is 37.8 Å². The lowest BCUT2D eigenvalue weighted by molar-refractivity contribution is -0.159. The Morgan fingerprint density at radius 2 is 1.94 bits per heavy atom. The van der Waals surface area contributed by atoms with Gasteiger partial charge in [0, 0.05) is 13.0 Å². The van der Waals surface area contributed by atoms with E-state index >= 15 is 0 Å². The molecule has 1 unspecified atom stereocenters. The second-order valence-electron chi connectivity index (χ2n) is 5.18. The summed E-state index contributed by atoms with van der Waals surface area (Å²) >= 11 is 0. The third kappa shape index (κ3) is 3.29. The zero-order valence-electron chi connectivity index (χ0n) is 10.2. The van der Waals surface area contributed by atoms with Crippen molar-refractivity contribution in [1.29, 1.82) is 0 Å². The molecule has 18 heavy (non-hydrogen) atoms. The van der Waals surface area contributed by atoms with Crippen LogP contribution in [0, 0.1) is 11.3 Å². The summed E-state index contributed by atoms with van der Waals surface area (Å²) < 4.78 is 36.5. The van der Waals surface area contributed by atoms with E-state index in [1.807, 2.05) is 0 Å². The number of carbonyl (C=O) groups excluding carboxylic acids is 1. The molecular weight excluding hydrogens is 269 g/mol. The Bertz CT molecular complexity index is 316. The van der Waals surface area contributed by atoms with E-state index in [4.69, 9.17) is 0 Å². The van der Waals surface area contributed by atoms with Crippen molar-refractivity contribution in [1.82, 2.24) is 10.2 Å². The maximum atomic E-state index is 12.2. The predicted octanol–water partition coefficient (Wildman–Crippen LogP) is 1.82. The number of amides is 1. The van der Waals surface area contributed by atoms with E-state index in [0.717, 1.165) is 37.3 Å². The van der Waals surface area contributed by atoms with Crippen LogP contribution in [-0.4, -0.2) is 43.7 Å². The van der Waals surface area contributed by atoms with Gasteiger partial charge in [0.15, 0.2) is 0 Å². The van der Waals surface area contributed by atoms with Crippen LogP contribution in [-0.2, 0) is 4.79 Å². The molecule has 0 radical (unpaired) electrons. The van der Waals surface area contributed by atoms with Gasteiger partial charge in [0.25, 0.3) is 0 Å². The average Bonchev–Trinajstić information content (AvgIpc) is 2.89. The van der Waals surface area contributed by atoms with E-state index < -0.39 is 12.7 Å². The number of hydrogen-bond acceptors (Lipinski definition) is 2. The minimum Gasteiger partial charge on any atom is -0.336 e. The van der Waals surface area contributed by atoms with Crippen molar-refractivity contribution < 1.29 is 18.0 Å². The summed E-state index contributed by atoms with van der Waals surface area (Å²) in [7, 11) is 1.24. The van der Waals surface area contributed by atoms with Crippen LogP contribution in [0.15, 0.2) is 0 Å². The van der Waals surface area contributed by atoms with E-state index in [1.54, 1.807) is 0 Å². The second kappa shape index (κ2) is 5.25. The number of rotatable bonds is 2. The summed E-state index contributed by atoms with van der Waals surface area (Å²) in [6, 6.07) is 0. The predicted molar refractivity (Wildman–Crippen MR) is 63.6 cm³/mol. The smallest absolute Gasteiger partial charge is 0.336 e. The zero-order valence-corrected chi connectivity index (χ0v) is 11.0. The third-order valence-electron chi connectivity index (χ3n) is 3.88. The molecule has 2 rings (SSSR count). The maximum absolute atomic E-state index is 12.2. The molecule has 1 saturated carbocycles. The first-order valence-corrected chi connectivity index (χ1v) is 5.87. The quantitative estimate of drug-likeness (QED) is 0.840. The Morgan fingerprint density at radius 1 is 1.39 bits per heavy atom. The summed E-state index contributed by atoms with van der Waals surface area (Å²) in [5.74, 6) is -0.527. The van der Waals surface area contributed by atoms with E-state index in [2.05, 4.69) is 5.32 Å². The van der Waals surface area contributed by atoms with Crippen LogP contribution in [0.3, 0.4) is 0 Å². The molecule has 1 heterocycles. The number of carbonyl (C=O) groups is 1. The average molecular weight is 287 g/mol. The van der Waals surface area contributed by atoms with Crippen LogP contribution < -0.4 is 5.32 Å². The van der Waals surface area contributed by atoms with Gasteiger partial charge in [-0.25, -0.2) is 0 Å². The third-order valence-corrected chi connectivity index (χ3v) is 3.88. The Balaban J connectivity index is 0.00000162. The van der Waals surface area contributed by atoms with Crippen LogP contribution >= 0.6 is 12.4 Å². The van der Waals surface area contributed by atoms with Crippen molar-refractivity contribution in [3.8, 4) is 0 Å². The van der Waals surface area contributed by atoms with Gasteiger partial charge in [-0.2, -0.15) is 13.2 Å². The van der Waals surface area contributed by atoms with Crippen molar-refractivity contribution in [2.75, 3.05) is 26.7 Å². The number of piperidine rings is 1. The fourth-order valence-corrected chi connectivity index (χ4v) is 2.79. The second-order valence-corrected chi connectivity index (χ2v) is 5.18. The normalized spacial score (nSPS) is 25.4. The highest BCUT2D eigenvalue weighted by molar-refractivity contribution is 5.85. The summed E-state index contributed by atoms with van der Waals surface area (Å²) in [5, 5.41) is 3.20. The van der Waals surface area contributed by atoms with Crippen LogP contribution in [0.5, 0.6) is 0 Å². The van der Waals surface area contributed by atoms with Gasteiger partial charge in [0.1, 0.15) is 6.54 Å². The molecule has 1 aliphatic carbocycles. The zero-order chi connectivity index (χ0) is 12.7.